The molecule has 2 aromatic rings. The number of alkyl halides is 1. The third-order valence-electron chi connectivity index (χ3n) is 2.46. The average Bonchev–Trinajstić information content (AvgIpc) is 2.36. The first kappa shape index (κ1) is 13.5. The second-order valence-corrected chi connectivity index (χ2v) is 5.02. The second-order valence-electron chi connectivity index (χ2n) is 3.93. The summed E-state index contributed by atoms with van der Waals surface area (Å²) in [6.45, 7) is 1.97. The fraction of sp³-hybridized carbons (Fsp3) is 0.143. The van der Waals surface area contributed by atoms with Crippen LogP contribution in [0.1, 0.15) is 11.1 Å². The van der Waals surface area contributed by atoms with Crippen LogP contribution in [0.4, 0.5) is 0 Å². The monoisotopic (exact) mass is 300 g/mol. The standard InChI is InChI=1S/C14H11Cl3O/c1-9-2-4-11(16)14(6-9)18-13-5-3-10(8-15)7-12(13)17/h2-7H,8H2,1H3. The Kier molecular flexibility index (Phi) is 4.39. The van der Waals surface area contributed by atoms with Gasteiger partial charge in [-0.05, 0) is 42.3 Å². The first-order valence-electron chi connectivity index (χ1n) is 5.38. The molecule has 1 nitrogen and oxygen atoms in total. The van der Waals surface area contributed by atoms with Gasteiger partial charge in [-0.2, -0.15) is 0 Å². The summed E-state index contributed by atoms with van der Waals surface area (Å²) in [4.78, 5) is 0. The fourth-order valence-electron chi connectivity index (χ4n) is 1.52. The van der Waals surface area contributed by atoms with Crippen LogP contribution in [0, 0.1) is 6.92 Å². The van der Waals surface area contributed by atoms with Crippen LogP contribution in [0.25, 0.3) is 0 Å². The highest BCUT2D eigenvalue weighted by molar-refractivity contribution is 6.33. The first-order valence-corrected chi connectivity index (χ1v) is 6.67. The van der Waals surface area contributed by atoms with Crippen LogP contribution in [-0.2, 0) is 5.88 Å². The second kappa shape index (κ2) is 5.83. The average molecular weight is 302 g/mol. The normalized spacial score (nSPS) is 10.4. The molecule has 0 spiro atoms. The van der Waals surface area contributed by atoms with Gasteiger partial charge < -0.3 is 4.74 Å². The lowest BCUT2D eigenvalue weighted by Gasteiger charge is -2.10. The lowest BCUT2D eigenvalue weighted by atomic mass is 10.2. The van der Waals surface area contributed by atoms with E-state index in [9.17, 15) is 0 Å². The Balaban J connectivity index is 2.31. The summed E-state index contributed by atoms with van der Waals surface area (Å²) in [5.74, 6) is 1.58. The molecule has 0 fully saturated rings. The SMILES string of the molecule is Cc1ccc(Cl)c(Oc2ccc(CCl)cc2Cl)c1. The Morgan fingerprint density at radius 1 is 0.944 bits per heavy atom. The van der Waals surface area contributed by atoms with E-state index in [4.69, 9.17) is 39.5 Å². The van der Waals surface area contributed by atoms with Gasteiger partial charge in [0.1, 0.15) is 11.5 Å². The molecule has 0 bridgehead atoms. The number of ether oxygens (including phenoxy) is 1. The van der Waals surface area contributed by atoms with Crippen LogP contribution in [0.2, 0.25) is 10.0 Å². The Labute approximate surface area is 121 Å². The van der Waals surface area contributed by atoms with Gasteiger partial charge in [-0.15, -0.1) is 11.6 Å². The molecule has 0 aliphatic carbocycles. The maximum absolute atomic E-state index is 6.12. The highest BCUT2D eigenvalue weighted by atomic mass is 35.5. The minimum Gasteiger partial charge on any atom is -0.454 e. The molecule has 0 amide bonds. The molecule has 0 aromatic heterocycles. The van der Waals surface area contributed by atoms with Gasteiger partial charge in [0.05, 0.1) is 10.0 Å². The molecule has 4 heteroatoms. The minimum atomic E-state index is 0.422. The molecular weight excluding hydrogens is 291 g/mol. The maximum Gasteiger partial charge on any atom is 0.146 e. The van der Waals surface area contributed by atoms with E-state index >= 15 is 0 Å². The molecule has 0 atom stereocenters. The summed E-state index contributed by atoms with van der Waals surface area (Å²) >= 11 is 17.9. The van der Waals surface area contributed by atoms with Crippen molar-refractivity contribution in [2.24, 2.45) is 0 Å². The van der Waals surface area contributed by atoms with E-state index in [1.165, 1.54) is 0 Å². The topological polar surface area (TPSA) is 9.23 Å². The zero-order valence-electron chi connectivity index (χ0n) is 9.71. The van der Waals surface area contributed by atoms with Crippen LogP contribution < -0.4 is 4.74 Å². The van der Waals surface area contributed by atoms with Crippen LogP contribution in [-0.4, -0.2) is 0 Å². The molecule has 2 rings (SSSR count). The summed E-state index contributed by atoms with van der Waals surface area (Å²) in [6.07, 6.45) is 0. The van der Waals surface area contributed by atoms with Crippen molar-refractivity contribution in [1.29, 1.82) is 0 Å². The van der Waals surface area contributed by atoms with E-state index in [2.05, 4.69) is 0 Å². The number of hydrogen-bond acceptors (Lipinski definition) is 1. The minimum absolute atomic E-state index is 0.422. The number of benzene rings is 2. The lowest BCUT2D eigenvalue weighted by molar-refractivity contribution is 0.482. The van der Waals surface area contributed by atoms with E-state index in [0.29, 0.717) is 27.4 Å². The Morgan fingerprint density at radius 2 is 1.72 bits per heavy atom. The molecule has 0 aliphatic rings. The smallest absolute Gasteiger partial charge is 0.146 e. The molecule has 0 saturated carbocycles. The van der Waals surface area contributed by atoms with E-state index in [-0.39, 0.29) is 0 Å². The molecule has 0 saturated heterocycles. The largest absolute Gasteiger partial charge is 0.454 e. The molecule has 0 radical (unpaired) electrons. The van der Waals surface area contributed by atoms with Crippen LogP contribution in [0.15, 0.2) is 36.4 Å². The molecular formula is C14H11Cl3O. The van der Waals surface area contributed by atoms with Crippen molar-refractivity contribution >= 4 is 34.8 Å². The highest BCUT2D eigenvalue weighted by Gasteiger charge is 2.07. The number of rotatable bonds is 3. The molecule has 2 aromatic carbocycles. The summed E-state index contributed by atoms with van der Waals surface area (Å²) in [7, 11) is 0. The number of halogens is 3. The summed E-state index contributed by atoms with van der Waals surface area (Å²) < 4.78 is 5.71. The van der Waals surface area contributed by atoms with Crippen LogP contribution >= 0.6 is 34.8 Å². The summed E-state index contributed by atoms with van der Waals surface area (Å²) in [5.41, 5.74) is 2.02. The van der Waals surface area contributed by atoms with Gasteiger partial charge in [0.15, 0.2) is 0 Å². The quantitative estimate of drug-likeness (QED) is 0.648. The maximum atomic E-state index is 6.12. The predicted octanol–water partition coefficient (Wildman–Crippen LogP) is 5.83. The third kappa shape index (κ3) is 3.11. The fourth-order valence-corrected chi connectivity index (χ4v) is 2.08. The van der Waals surface area contributed by atoms with Gasteiger partial charge in [0.2, 0.25) is 0 Å². The van der Waals surface area contributed by atoms with Crippen molar-refractivity contribution in [3.63, 3.8) is 0 Å². The molecule has 0 heterocycles. The van der Waals surface area contributed by atoms with Gasteiger partial charge in [0, 0.05) is 5.88 Å². The van der Waals surface area contributed by atoms with E-state index in [1.807, 2.05) is 25.1 Å². The molecule has 18 heavy (non-hydrogen) atoms. The van der Waals surface area contributed by atoms with Gasteiger partial charge in [-0.1, -0.05) is 35.3 Å². The van der Waals surface area contributed by atoms with Gasteiger partial charge in [0.25, 0.3) is 0 Å². The Bertz CT molecular complexity index is 567. The third-order valence-corrected chi connectivity index (χ3v) is 3.37. The van der Waals surface area contributed by atoms with Crippen molar-refractivity contribution in [3.8, 4) is 11.5 Å². The summed E-state index contributed by atoms with van der Waals surface area (Å²) in [6, 6.07) is 11.0. The van der Waals surface area contributed by atoms with Crippen molar-refractivity contribution in [2.75, 3.05) is 0 Å². The van der Waals surface area contributed by atoms with E-state index < -0.39 is 0 Å². The molecule has 0 aliphatic heterocycles. The Morgan fingerprint density at radius 3 is 2.39 bits per heavy atom. The summed E-state index contributed by atoms with van der Waals surface area (Å²) in [5, 5.41) is 1.07. The predicted molar refractivity (Wildman–Crippen MR) is 77.3 cm³/mol. The van der Waals surface area contributed by atoms with Crippen molar-refractivity contribution in [1.82, 2.24) is 0 Å². The van der Waals surface area contributed by atoms with Gasteiger partial charge >= 0.3 is 0 Å². The molecule has 94 valence electrons. The van der Waals surface area contributed by atoms with Crippen molar-refractivity contribution in [3.05, 3.63) is 57.6 Å². The van der Waals surface area contributed by atoms with Crippen LogP contribution in [0.5, 0.6) is 11.5 Å². The van der Waals surface area contributed by atoms with Crippen molar-refractivity contribution in [2.45, 2.75) is 12.8 Å². The van der Waals surface area contributed by atoms with Gasteiger partial charge in [-0.25, -0.2) is 0 Å². The number of hydrogen-bond donors (Lipinski definition) is 0. The molecule has 0 N–H and O–H groups in total. The van der Waals surface area contributed by atoms with E-state index in [1.54, 1.807) is 18.2 Å². The van der Waals surface area contributed by atoms with Crippen molar-refractivity contribution < 1.29 is 4.74 Å². The van der Waals surface area contributed by atoms with E-state index in [0.717, 1.165) is 11.1 Å². The lowest BCUT2D eigenvalue weighted by Crippen LogP contribution is -1.88. The zero-order chi connectivity index (χ0) is 13.1. The highest BCUT2D eigenvalue weighted by Crippen LogP contribution is 2.34. The Hall–Kier alpha value is -0.890. The molecule has 0 unspecified atom stereocenters. The van der Waals surface area contributed by atoms with Gasteiger partial charge in [-0.3, -0.25) is 0 Å². The number of aryl methyl sites for hydroxylation is 1. The van der Waals surface area contributed by atoms with Crippen LogP contribution in [0.3, 0.4) is 0 Å². The first-order chi connectivity index (χ1) is 8.60. The zero-order valence-corrected chi connectivity index (χ0v) is 12.0.